The van der Waals surface area contributed by atoms with Crippen molar-refractivity contribution >= 4 is 34.2 Å². The number of benzene rings is 1. The molecule has 0 aliphatic carbocycles. The molecule has 2 aliphatic rings. The van der Waals surface area contributed by atoms with Crippen LogP contribution in [0.25, 0.3) is 10.9 Å². The van der Waals surface area contributed by atoms with Crippen LogP contribution in [0.3, 0.4) is 0 Å². The van der Waals surface area contributed by atoms with Crippen molar-refractivity contribution in [1.29, 1.82) is 10.8 Å². The van der Waals surface area contributed by atoms with Gasteiger partial charge in [-0.25, -0.2) is 15.6 Å². The second-order valence-corrected chi connectivity index (χ2v) is 10.1. The number of nitrogens with zero attached hydrogens (tertiary/aromatic N) is 8. The number of nitriles is 1. The largest absolute Gasteiger partial charge is 0.339 e. The predicted molar refractivity (Wildman–Crippen MR) is 148 cm³/mol. The van der Waals surface area contributed by atoms with E-state index in [4.69, 9.17) is 16.4 Å². The molecule has 1 atom stereocenters. The van der Waals surface area contributed by atoms with Gasteiger partial charge in [0, 0.05) is 31.7 Å². The smallest absolute Gasteiger partial charge is 0.277 e. The number of piperidine rings is 2. The molecule has 4 heterocycles. The van der Waals surface area contributed by atoms with Gasteiger partial charge in [-0.1, -0.05) is 12.1 Å². The molecule has 0 bridgehead atoms. The highest BCUT2D eigenvalue weighted by Gasteiger charge is 2.24. The number of aromatic amines is 1. The number of anilines is 3. The topological polar surface area (TPSA) is 188 Å². The molecule has 202 valence electrons. The van der Waals surface area contributed by atoms with E-state index in [2.05, 4.69) is 53.8 Å². The van der Waals surface area contributed by atoms with E-state index in [0.717, 1.165) is 57.5 Å². The van der Waals surface area contributed by atoms with Crippen LogP contribution >= 0.6 is 0 Å². The monoisotopic (exact) mass is 528 g/mol. The van der Waals surface area contributed by atoms with Crippen LogP contribution in [0.1, 0.15) is 37.7 Å². The summed E-state index contributed by atoms with van der Waals surface area (Å²) in [5, 5.41) is 26.4. The van der Waals surface area contributed by atoms with Crippen LogP contribution in [0.4, 0.5) is 17.5 Å². The Kier molecular flexibility index (Phi) is 8.02. The first-order valence-electron chi connectivity index (χ1n) is 13.2. The average molecular weight is 529 g/mol. The van der Waals surface area contributed by atoms with Gasteiger partial charge >= 0.3 is 0 Å². The second kappa shape index (κ2) is 12.0. The molecule has 39 heavy (non-hydrogen) atoms. The van der Waals surface area contributed by atoms with Crippen molar-refractivity contribution in [3.63, 3.8) is 0 Å². The highest BCUT2D eigenvalue weighted by atomic mass is 16.1. The summed E-state index contributed by atoms with van der Waals surface area (Å²) in [5.41, 5.74) is 9.22. The molecular weight excluding hydrogens is 496 g/mol. The lowest BCUT2D eigenvalue weighted by atomic mass is 9.93. The SMILES string of the molecule is N#CC1CCCN(c2nc(Nc3ccc(CN4CCC(C/C(N=N)=N/N)CC4)cc3)c3c(=O)[nH]ncc3n2)C1. The molecule has 0 radical (unpaired) electrons. The van der Waals surface area contributed by atoms with E-state index in [1.54, 1.807) is 0 Å². The van der Waals surface area contributed by atoms with Crippen molar-refractivity contribution in [2.45, 2.75) is 38.6 Å². The van der Waals surface area contributed by atoms with Crippen molar-refractivity contribution in [2.24, 2.45) is 27.9 Å². The molecule has 1 aromatic carbocycles. The van der Waals surface area contributed by atoms with Gasteiger partial charge in [0.25, 0.3) is 5.56 Å². The third-order valence-electron chi connectivity index (χ3n) is 7.47. The van der Waals surface area contributed by atoms with Crippen LogP contribution in [0, 0.1) is 28.7 Å². The van der Waals surface area contributed by atoms with Crippen molar-refractivity contribution in [3.05, 3.63) is 46.4 Å². The van der Waals surface area contributed by atoms with Gasteiger partial charge in [-0.15, -0.1) is 5.11 Å². The number of aromatic nitrogens is 4. The van der Waals surface area contributed by atoms with Crippen LogP contribution in [0.2, 0.25) is 0 Å². The van der Waals surface area contributed by atoms with Crippen molar-refractivity contribution in [2.75, 3.05) is 36.4 Å². The third kappa shape index (κ3) is 6.18. The fourth-order valence-corrected chi connectivity index (χ4v) is 5.31. The molecule has 0 saturated carbocycles. The number of hydrogen-bond acceptors (Lipinski definition) is 11. The zero-order chi connectivity index (χ0) is 27.2. The summed E-state index contributed by atoms with van der Waals surface area (Å²) in [7, 11) is 0. The number of amidine groups is 1. The summed E-state index contributed by atoms with van der Waals surface area (Å²) in [6.07, 6.45) is 5.97. The Balaban J connectivity index is 1.28. The van der Waals surface area contributed by atoms with E-state index in [1.807, 2.05) is 17.0 Å². The Hall–Kier alpha value is -4.44. The Morgan fingerprint density at radius 3 is 2.72 bits per heavy atom. The van der Waals surface area contributed by atoms with Crippen LogP contribution in [0.15, 0.2) is 45.5 Å². The third-order valence-corrected chi connectivity index (χ3v) is 7.47. The molecule has 5 N–H and O–H groups in total. The molecular formula is C26H32N12O. The molecule has 0 amide bonds. The Morgan fingerprint density at radius 2 is 2.00 bits per heavy atom. The number of H-pyrrole nitrogens is 1. The molecule has 3 aromatic rings. The number of hydrogen-bond donors (Lipinski definition) is 4. The van der Waals surface area contributed by atoms with Gasteiger partial charge in [-0.2, -0.15) is 20.4 Å². The summed E-state index contributed by atoms with van der Waals surface area (Å²) < 4.78 is 0. The van der Waals surface area contributed by atoms with Gasteiger partial charge in [-0.3, -0.25) is 9.69 Å². The molecule has 13 heteroatoms. The zero-order valence-corrected chi connectivity index (χ0v) is 21.7. The van der Waals surface area contributed by atoms with E-state index < -0.39 is 0 Å². The lowest BCUT2D eigenvalue weighted by Crippen LogP contribution is -2.36. The minimum Gasteiger partial charge on any atom is -0.339 e. The van der Waals surface area contributed by atoms with Crippen molar-refractivity contribution < 1.29 is 0 Å². The molecule has 13 nitrogen and oxygen atoms in total. The Labute approximate surface area is 225 Å². The molecule has 2 fully saturated rings. The van der Waals surface area contributed by atoms with Crippen molar-refractivity contribution in [1.82, 2.24) is 25.1 Å². The highest BCUT2D eigenvalue weighted by Crippen LogP contribution is 2.27. The molecule has 1 unspecified atom stereocenters. The summed E-state index contributed by atoms with van der Waals surface area (Å²) >= 11 is 0. The normalized spacial score (nSPS) is 19.1. The molecule has 5 rings (SSSR count). The first-order chi connectivity index (χ1) is 19.1. The number of nitrogens with one attached hydrogen (secondary N) is 3. The molecule has 2 saturated heterocycles. The zero-order valence-electron chi connectivity index (χ0n) is 21.7. The van der Waals surface area contributed by atoms with Gasteiger partial charge in [0.05, 0.1) is 18.2 Å². The number of nitrogens with two attached hydrogens (primary N) is 1. The van der Waals surface area contributed by atoms with E-state index in [1.165, 1.54) is 11.8 Å². The summed E-state index contributed by atoms with van der Waals surface area (Å²) in [5.74, 6) is 6.98. The summed E-state index contributed by atoms with van der Waals surface area (Å²) in [4.78, 5) is 26.4. The minimum atomic E-state index is -0.364. The number of fused-ring (bicyclic) bond motifs is 1. The van der Waals surface area contributed by atoms with Crippen molar-refractivity contribution in [3.8, 4) is 6.07 Å². The van der Waals surface area contributed by atoms with Gasteiger partial charge in [0.15, 0.2) is 5.84 Å². The number of hydrazone groups is 1. The Morgan fingerprint density at radius 1 is 1.21 bits per heavy atom. The molecule has 2 aromatic heterocycles. The summed E-state index contributed by atoms with van der Waals surface area (Å²) in [6, 6.07) is 10.5. The van der Waals surface area contributed by atoms with Gasteiger partial charge < -0.3 is 16.1 Å². The highest BCUT2D eigenvalue weighted by molar-refractivity contribution is 5.90. The standard InChI is InChI=1S/C26H32N12O/c27-13-19-2-1-9-38(16-19)26-32-21-14-30-36-25(39)23(21)24(33-26)31-20-5-3-18(4-6-20)15-37-10-7-17(8-11-37)12-22(34-28)35-29/h3-6,14,17,19,28H,1-2,7-12,15-16,29H2,(H,36,39)(H,31,32,33)/b34-28?,35-22-. The number of likely N-dealkylation sites (tertiary alicyclic amines) is 1. The van der Waals surface area contributed by atoms with Gasteiger partial charge in [0.1, 0.15) is 16.7 Å². The first-order valence-corrected chi connectivity index (χ1v) is 13.2. The fourth-order valence-electron chi connectivity index (χ4n) is 5.31. The number of rotatable bonds is 7. The van der Waals surface area contributed by atoms with E-state index in [-0.39, 0.29) is 11.5 Å². The van der Waals surface area contributed by atoms with E-state index in [0.29, 0.717) is 47.4 Å². The van der Waals surface area contributed by atoms with Gasteiger partial charge in [-0.05, 0) is 62.4 Å². The average Bonchev–Trinajstić information content (AvgIpc) is 2.97. The fraction of sp³-hybridized carbons (Fsp3) is 0.462. The quantitative estimate of drug-likeness (QED) is 0.117. The predicted octanol–water partition coefficient (Wildman–Crippen LogP) is 3.10. The maximum absolute atomic E-state index is 12.6. The van der Waals surface area contributed by atoms with Crippen LogP contribution in [0.5, 0.6) is 0 Å². The van der Waals surface area contributed by atoms with Crippen LogP contribution in [-0.2, 0) is 6.54 Å². The minimum absolute atomic E-state index is 0.0684. The Bertz CT molecular complexity index is 1440. The second-order valence-electron chi connectivity index (χ2n) is 10.1. The van der Waals surface area contributed by atoms with Crippen LogP contribution in [-0.4, -0.2) is 57.1 Å². The maximum atomic E-state index is 12.6. The van der Waals surface area contributed by atoms with Gasteiger partial charge in [0.2, 0.25) is 5.95 Å². The lowest BCUT2D eigenvalue weighted by molar-refractivity contribution is 0.180. The summed E-state index contributed by atoms with van der Waals surface area (Å²) in [6.45, 7) is 4.10. The van der Waals surface area contributed by atoms with E-state index in [9.17, 15) is 10.1 Å². The van der Waals surface area contributed by atoms with Crippen LogP contribution < -0.4 is 21.6 Å². The lowest BCUT2D eigenvalue weighted by Gasteiger charge is -2.31. The first kappa shape index (κ1) is 26.2. The maximum Gasteiger partial charge on any atom is 0.277 e. The van der Waals surface area contributed by atoms with E-state index >= 15 is 0 Å². The molecule has 2 aliphatic heterocycles. The molecule has 0 spiro atoms.